The van der Waals surface area contributed by atoms with E-state index in [4.69, 9.17) is 0 Å². The molecule has 2 amide bonds. The number of carbonyl (C=O) groups is 1. The van der Waals surface area contributed by atoms with Gasteiger partial charge in [-0.05, 0) is 25.2 Å². The van der Waals surface area contributed by atoms with Gasteiger partial charge in [0.05, 0.1) is 0 Å². The number of carbonyl (C=O) groups excluding carboxylic acids is 1. The fraction of sp³-hybridized carbons (Fsp3) is 0.700. The molecule has 0 bridgehead atoms. The summed E-state index contributed by atoms with van der Waals surface area (Å²) in [5.41, 5.74) is 0. The van der Waals surface area contributed by atoms with Gasteiger partial charge in [0.15, 0.2) is 0 Å². The first-order valence-corrected chi connectivity index (χ1v) is 5.21. The molecule has 92 valence electrons. The molecule has 16 heavy (non-hydrogen) atoms. The van der Waals surface area contributed by atoms with E-state index in [0.29, 0.717) is 12.5 Å². The first-order chi connectivity index (χ1) is 7.47. The molecule has 0 saturated heterocycles. The molecule has 0 spiro atoms. The van der Waals surface area contributed by atoms with Crippen molar-refractivity contribution in [1.29, 1.82) is 0 Å². The third-order valence-corrected chi connectivity index (χ3v) is 2.38. The van der Waals surface area contributed by atoms with Crippen LogP contribution < -0.4 is 10.6 Å². The van der Waals surface area contributed by atoms with Gasteiger partial charge in [0.25, 0.3) is 0 Å². The number of allylic oxidation sites excluding steroid dienone is 2. The molecule has 1 atom stereocenters. The summed E-state index contributed by atoms with van der Waals surface area (Å²) >= 11 is 0. The zero-order valence-electron chi connectivity index (χ0n) is 8.81. The van der Waals surface area contributed by atoms with Gasteiger partial charge in [-0.15, -0.1) is 0 Å². The highest BCUT2D eigenvalue weighted by Crippen LogP contribution is 2.16. The molecule has 0 aromatic heterocycles. The monoisotopic (exact) mass is 236 g/mol. The van der Waals surface area contributed by atoms with Crippen LogP contribution in [0.4, 0.5) is 18.0 Å². The highest BCUT2D eigenvalue weighted by Gasteiger charge is 2.27. The van der Waals surface area contributed by atoms with Crippen molar-refractivity contribution in [3.63, 3.8) is 0 Å². The molecule has 0 heterocycles. The van der Waals surface area contributed by atoms with Gasteiger partial charge in [-0.1, -0.05) is 12.2 Å². The normalized spacial score (nSPS) is 20.6. The molecule has 1 rings (SSSR count). The molecule has 0 aromatic rings. The minimum absolute atomic E-state index is 0.335. The molecule has 0 aliphatic heterocycles. The number of alkyl halides is 3. The Labute approximate surface area is 92.1 Å². The summed E-state index contributed by atoms with van der Waals surface area (Å²) < 4.78 is 35.3. The van der Waals surface area contributed by atoms with Crippen LogP contribution in [0.5, 0.6) is 0 Å². The Hall–Kier alpha value is -1.20. The van der Waals surface area contributed by atoms with Crippen molar-refractivity contribution >= 4 is 6.03 Å². The number of amides is 2. The first kappa shape index (κ1) is 12.9. The highest BCUT2D eigenvalue weighted by atomic mass is 19.4. The average Bonchev–Trinajstić information content (AvgIpc) is 2.24. The van der Waals surface area contributed by atoms with Crippen molar-refractivity contribution in [2.45, 2.75) is 25.4 Å². The molecule has 1 unspecified atom stereocenters. The average molecular weight is 236 g/mol. The van der Waals surface area contributed by atoms with Crippen molar-refractivity contribution < 1.29 is 18.0 Å². The third kappa shape index (κ3) is 5.63. The molecule has 0 saturated carbocycles. The maximum Gasteiger partial charge on any atom is 0.405 e. The summed E-state index contributed by atoms with van der Waals surface area (Å²) in [5, 5.41) is 4.21. The fourth-order valence-electron chi connectivity index (χ4n) is 1.52. The summed E-state index contributed by atoms with van der Waals surface area (Å²) in [7, 11) is 0. The number of nitrogens with one attached hydrogen (secondary N) is 2. The van der Waals surface area contributed by atoms with Crippen molar-refractivity contribution in [1.82, 2.24) is 10.6 Å². The van der Waals surface area contributed by atoms with E-state index < -0.39 is 18.8 Å². The van der Waals surface area contributed by atoms with E-state index in [1.165, 1.54) is 0 Å². The smallest absolute Gasteiger partial charge is 0.338 e. The Morgan fingerprint density at radius 1 is 1.31 bits per heavy atom. The van der Waals surface area contributed by atoms with Crippen molar-refractivity contribution in [2.24, 2.45) is 5.92 Å². The van der Waals surface area contributed by atoms with Crippen molar-refractivity contribution in [3.8, 4) is 0 Å². The second kappa shape index (κ2) is 5.77. The number of hydrogen-bond acceptors (Lipinski definition) is 1. The van der Waals surface area contributed by atoms with Gasteiger partial charge < -0.3 is 10.6 Å². The topological polar surface area (TPSA) is 41.1 Å². The van der Waals surface area contributed by atoms with Crippen LogP contribution in [0.2, 0.25) is 0 Å². The maximum atomic E-state index is 11.8. The lowest BCUT2D eigenvalue weighted by Crippen LogP contribution is -2.42. The Morgan fingerprint density at radius 2 is 2.06 bits per heavy atom. The van der Waals surface area contributed by atoms with E-state index in [1.807, 2.05) is 6.08 Å². The van der Waals surface area contributed by atoms with Gasteiger partial charge in [-0.25, -0.2) is 4.79 Å². The van der Waals surface area contributed by atoms with E-state index in [1.54, 1.807) is 5.32 Å². The molecule has 0 fully saturated rings. The van der Waals surface area contributed by atoms with Gasteiger partial charge in [0.1, 0.15) is 6.54 Å². The van der Waals surface area contributed by atoms with Crippen LogP contribution in [-0.2, 0) is 0 Å². The van der Waals surface area contributed by atoms with Gasteiger partial charge in [0.2, 0.25) is 0 Å². The van der Waals surface area contributed by atoms with Gasteiger partial charge in [-0.3, -0.25) is 0 Å². The van der Waals surface area contributed by atoms with E-state index in [0.717, 1.165) is 19.3 Å². The number of rotatable bonds is 3. The Kier molecular flexibility index (Phi) is 4.64. The predicted octanol–water partition coefficient (Wildman–Crippen LogP) is 2.20. The van der Waals surface area contributed by atoms with E-state index in [9.17, 15) is 18.0 Å². The number of halogens is 3. The lowest BCUT2D eigenvalue weighted by molar-refractivity contribution is -0.122. The van der Waals surface area contributed by atoms with Crippen LogP contribution in [-0.4, -0.2) is 25.3 Å². The maximum absolute atomic E-state index is 11.8. The van der Waals surface area contributed by atoms with E-state index in [2.05, 4.69) is 11.4 Å². The first-order valence-electron chi connectivity index (χ1n) is 5.21. The second-order valence-corrected chi connectivity index (χ2v) is 3.83. The second-order valence-electron chi connectivity index (χ2n) is 3.83. The van der Waals surface area contributed by atoms with Crippen LogP contribution in [0.1, 0.15) is 19.3 Å². The fourth-order valence-corrected chi connectivity index (χ4v) is 1.52. The standard InChI is InChI=1S/C10H15F3N2O/c11-10(12,13)7-15-9(16)14-6-8-4-2-1-3-5-8/h1-2,8H,3-7H2,(H2,14,15,16). The molecule has 3 nitrogen and oxygen atoms in total. The van der Waals surface area contributed by atoms with Crippen molar-refractivity contribution in [2.75, 3.05) is 13.1 Å². The zero-order valence-corrected chi connectivity index (χ0v) is 8.81. The van der Waals surface area contributed by atoms with E-state index >= 15 is 0 Å². The summed E-state index contributed by atoms with van der Waals surface area (Å²) in [4.78, 5) is 11.0. The van der Waals surface area contributed by atoms with Crippen LogP contribution in [0.25, 0.3) is 0 Å². The molecule has 0 aromatic carbocycles. The Balaban J connectivity index is 2.12. The van der Waals surface area contributed by atoms with Gasteiger partial charge in [-0.2, -0.15) is 13.2 Å². The molecular formula is C10H15F3N2O. The van der Waals surface area contributed by atoms with Crippen LogP contribution in [0, 0.1) is 5.92 Å². The minimum atomic E-state index is -4.36. The third-order valence-electron chi connectivity index (χ3n) is 2.38. The molecule has 1 aliphatic carbocycles. The summed E-state index contributed by atoms with van der Waals surface area (Å²) in [5.74, 6) is 0.335. The molecule has 6 heteroatoms. The van der Waals surface area contributed by atoms with Gasteiger partial charge in [0, 0.05) is 6.54 Å². The van der Waals surface area contributed by atoms with E-state index in [-0.39, 0.29) is 0 Å². The molecule has 2 N–H and O–H groups in total. The van der Waals surface area contributed by atoms with Gasteiger partial charge >= 0.3 is 12.2 Å². The highest BCUT2D eigenvalue weighted by molar-refractivity contribution is 5.73. The van der Waals surface area contributed by atoms with Crippen LogP contribution >= 0.6 is 0 Å². The largest absolute Gasteiger partial charge is 0.405 e. The molecule has 1 aliphatic rings. The number of urea groups is 1. The lowest BCUT2D eigenvalue weighted by atomic mass is 9.94. The molecule has 0 radical (unpaired) electrons. The lowest BCUT2D eigenvalue weighted by Gasteiger charge is -2.18. The predicted molar refractivity (Wildman–Crippen MR) is 53.9 cm³/mol. The summed E-state index contributed by atoms with van der Waals surface area (Å²) in [6.45, 7) is -0.864. The quantitative estimate of drug-likeness (QED) is 0.725. The Morgan fingerprint density at radius 3 is 2.62 bits per heavy atom. The minimum Gasteiger partial charge on any atom is -0.338 e. The van der Waals surface area contributed by atoms with Crippen molar-refractivity contribution in [3.05, 3.63) is 12.2 Å². The Bertz CT molecular complexity index is 263. The summed E-state index contributed by atoms with van der Waals surface area (Å²) in [6, 6.07) is -0.758. The SMILES string of the molecule is O=C(NCC1CC=CCC1)NCC(F)(F)F. The summed E-state index contributed by atoms with van der Waals surface area (Å²) in [6.07, 6.45) is 2.56. The molecular weight excluding hydrogens is 221 g/mol. The van der Waals surface area contributed by atoms with Crippen LogP contribution in [0.3, 0.4) is 0 Å². The number of hydrogen-bond donors (Lipinski definition) is 2. The zero-order chi connectivity index (χ0) is 12.0. The van der Waals surface area contributed by atoms with Crippen LogP contribution in [0.15, 0.2) is 12.2 Å².